The number of nitrogens with one attached hydrogen (secondary N) is 15. The number of benzene rings is 3. The first-order chi connectivity index (χ1) is 61.1. The largest absolute Gasteiger partial charge is 0.508 e. The average Bonchev–Trinajstić information content (AvgIpc) is 1.81. The maximum absolute atomic E-state index is 15.1. The van der Waals surface area contributed by atoms with Crippen LogP contribution in [0.1, 0.15) is 203 Å². The molecule has 36 nitrogen and oxygen atoms in total. The lowest BCUT2D eigenvalue weighted by molar-refractivity contribution is -0.137. The third-order valence-electron chi connectivity index (χ3n) is 23.1. The number of aromatic nitrogens is 1. The van der Waals surface area contributed by atoms with Crippen molar-refractivity contribution in [3.63, 3.8) is 0 Å². The second-order valence-corrected chi connectivity index (χ2v) is 35.1. The molecule has 22 N–H and O–H groups in total. The van der Waals surface area contributed by atoms with Gasteiger partial charge in [-0.25, -0.2) is 0 Å². The minimum atomic E-state index is -1.85. The highest BCUT2D eigenvalue weighted by atomic mass is 16.3. The number of allylic oxidation sites excluding steroid dienone is 2. The molecule has 3 aromatic carbocycles. The van der Waals surface area contributed by atoms with Crippen molar-refractivity contribution in [2.75, 3.05) is 46.0 Å². The van der Waals surface area contributed by atoms with Gasteiger partial charge in [-0.15, -0.1) is 0 Å². The molecule has 0 spiro atoms. The molecule has 129 heavy (non-hydrogen) atoms. The Kier molecular flexibility index (Phi) is 46.7. The van der Waals surface area contributed by atoms with E-state index >= 15 is 14.4 Å². The topological polar surface area (TPSA) is 570 Å². The van der Waals surface area contributed by atoms with Crippen LogP contribution in [0.15, 0.2) is 97.2 Å². The molecular formula is C93H141N17O19. The van der Waals surface area contributed by atoms with Crippen LogP contribution in [-0.2, 0) is 96.0 Å². The number of fused-ring (bicyclic) bond motifs is 1. The molecule has 2 heterocycles. The Morgan fingerprint density at radius 1 is 0.574 bits per heavy atom. The van der Waals surface area contributed by atoms with Crippen molar-refractivity contribution < 1.29 is 92.0 Å². The summed E-state index contributed by atoms with van der Waals surface area (Å²) in [5, 5.41) is 72.4. The highest BCUT2D eigenvalue weighted by Gasteiger charge is 2.42. The van der Waals surface area contributed by atoms with Gasteiger partial charge in [0, 0.05) is 62.9 Å². The third kappa shape index (κ3) is 38.1. The van der Waals surface area contributed by atoms with Gasteiger partial charge in [0.15, 0.2) is 40.5 Å². The Labute approximate surface area is 756 Å². The zero-order valence-electron chi connectivity index (χ0n) is 76.8. The second kappa shape index (κ2) is 55.4. The summed E-state index contributed by atoms with van der Waals surface area (Å²) in [7, 11) is 0. The van der Waals surface area contributed by atoms with Crippen molar-refractivity contribution in [3.8, 4) is 5.75 Å². The van der Waals surface area contributed by atoms with Crippen molar-refractivity contribution in [3.05, 3.63) is 114 Å². The smallest absolute Gasteiger partial charge is 0.246 e. The fourth-order valence-corrected chi connectivity index (χ4v) is 14.7. The number of aliphatic hydroxyl groups is 2. The molecule has 0 saturated heterocycles. The molecule has 0 bridgehead atoms. The van der Waals surface area contributed by atoms with Crippen LogP contribution in [0.3, 0.4) is 0 Å². The van der Waals surface area contributed by atoms with Crippen LogP contribution < -0.4 is 85.9 Å². The van der Waals surface area contributed by atoms with E-state index in [0.29, 0.717) is 67.2 Å². The van der Waals surface area contributed by atoms with Crippen LogP contribution in [0, 0.1) is 11.8 Å². The van der Waals surface area contributed by atoms with Crippen molar-refractivity contribution in [2.45, 2.75) is 295 Å². The Hall–Kier alpha value is -10.7. The van der Waals surface area contributed by atoms with Gasteiger partial charge in [-0.2, -0.15) is 0 Å². The van der Waals surface area contributed by atoms with Gasteiger partial charge >= 0.3 is 0 Å². The van der Waals surface area contributed by atoms with Crippen LogP contribution in [0.2, 0.25) is 0 Å². The Bertz CT molecular complexity index is 4430. The zero-order chi connectivity index (χ0) is 95.7. The molecule has 0 aliphatic carbocycles. The summed E-state index contributed by atoms with van der Waals surface area (Å²) in [6.45, 7) is 16.4. The second-order valence-electron chi connectivity index (χ2n) is 35.1. The molecule has 36 heteroatoms. The van der Waals surface area contributed by atoms with E-state index in [1.165, 1.54) is 60.6 Å². The van der Waals surface area contributed by atoms with Gasteiger partial charge in [0.1, 0.15) is 41.5 Å². The summed E-state index contributed by atoms with van der Waals surface area (Å²) in [6.07, 6.45) is 6.28. The predicted octanol–water partition coefficient (Wildman–Crippen LogP) is 1.29. The lowest BCUT2D eigenvalue weighted by Crippen LogP contribution is -2.63. The average molecular weight is 1800 g/mol. The first-order valence-corrected chi connectivity index (χ1v) is 44.9. The van der Waals surface area contributed by atoms with Crippen LogP contribution >= 0.6 is 0 Å². The number of primary amides is 1. The molecule has 712 valence electrons. The number of phenolic OH excluding ortho intramolecular Hbond substituents is 1. The number of hydrogen-bond acceptors (Lipinski definition) is 26. The van der Waals surface area contributed by atoms with E-state index in [9.17, 15) is 77.6 Å². The Morgan fingerprint density at radius 3 is 1.87 bits per heavy atom. The fourth-order valence-electron chi connectivity index (χ4n) is 14.7. The van der Waals surface area contributed by atoms with Crippen LogP contribution in [0.4, 0.5) is 0 Å². The van der Waals surface area contributed by atoms with Gasteiger partial charge in [0.25, 0.3) is 0 Å². The lowest BCUT2D eigenvalue weighted by atomic mass is 9.88. The maximum Gasteiger partial charge on any atom is 0.246 e. The fraction of sp³-hybridized carbons (Fsp3) is 0.591. The number of aromatic amines is 1. The monoisotopic (exact) mass is 1800 g/mol. The Morgan fingerprint density at radius 2 is 1.22 bits per heavy atom. The zero-order valence-corrected chi connectivity index (χ0v) is 76.8. The van der Waals surface area contributed by atoms with E-state index in [1.54, 1.807) is 61.7 Å². The molecule has 0 fully saturated rings. The highest BCUT2D eigenvalue weighted by molar-refractivity contribution is 6.06. The lowest BCUT2D eigenvalue weighted by Gasteiger charge is -2.33. The predicted molar refractivity (Wildman–Crippen MR) is 488 cm³/mol. The van der Waals surface area contributed by atoms with Crippen molar-refractivity contribution in [1.82, 2.24) is 79.4 Å². The molecule has 1 aliphatic heterocycles. The number of rotatable bonds is 36. The maximum atomic E-state index is 15.1. The SMILES string of the molecule is CC(=O)N[C@@H](CC(C)C)C(=O)N[C@H](C(=O)N[C@@H](Cc1ccccc1)C(=O)N[C@]1(C)CCCCCCC=CCCC[C@@](C)(C(=O)N[C@@H](CO)C(=O)CN[C@@H](C)C(=O)CCN[C@@H](C)C(=O)CN)NC(=O)[C@H](CCC(C)C)NC(=O)[C@H](CCC(N)=O)NCN[C@@H](C)C(=O)CC(=O)[C@H](Cc2c[nH]c3ccccc23)NC(=O)[C@H](Cc2ccc(O)cc2)NCC(=O)[C@H](C)NCC1=O)[C@@H](C)O. The summed E-state index contributed by atoms with van der Waals surface area (Å²) >= 11 is 0. The van der Waals surface area contributed by atoms with E-state index in [1.807, 2.05) is 58.0 Å². The third-order valence-corrected chi connectivity index (χ3v) is 23.1. The highest BCUT2D eigenvalue weighted by Crippen LogP contribution is 2.24. The van der Waals surface area contributed by atoms with Gasteiger partial charge in [-0.05, 0) is 166 Å². The molecule has 9 amide bonds. The minimum Gasteiger partial charge on any atom is -0.508 e. The normalized spacial score (nSPS) is 22.4. The Balaban J connectivity index is 1.54. The number of carbonyl (C=O) groups excluding carboxylic acids is 16. The summed E-state index contributed by atoms with van der Waals surface area (Å²) in [5.74, 6) is -10.9. The quantitative estimate of drug-likeness (QED) is 0.0225. The molecule has 0 radical (unpaired) electrons. The van der Waals surface area contributed by atoms with E-state index in [-0.39, 0.29) is 120 Å². The van der Waals surface area contributed by atoms with Crippen molar-refractivity contribution in [2.24, 2.45) is 23.3 Å². The molecule has 4 aromatic rings. The van der Waals surface area contributed by atoms with E-state index < -0.39 is 204 Å². The van der Waals surface area contributed by atoms with Gasteiger partial charge < -0.3 is 90.3 Å². The van der Waals surface area contributed by atoms with Gasteiger partial charge in [0.2, 0.25) is 53.2 Å². The van der Waals surface area contributed by atoms with Crippen molar-refractivity contribution >= 4 is 105 Å². The summed E-state index contributed by atoms with van der Waals surface area (Å²) in [6, 6.07) is 7.26. The number of H-pyrrole nitrogens is 1. The molecule has 5 rings (SSSR count). The molecule has 1 aromatic heterocycles. The number of hydrogen-bond donors (Lipinski definition) is 20. The van der Waals surface area contributed by atoms with Crippen molar-refractivity contribution in [1.29, 1.82) is 0 Å². The van der Waals surface area contributed by atoms with Crippen LogP contribution in [0.25, 0.3) is 10.9 Å². The number of Topliss-reactive ketones (excluding diaryl/α,β-unsaturated/α-hetero) is 7. The number of aromatic hydroxyl groups is 1. The van der Waals surface area contributed by atoms with Gasteiger partial charge in [-0.1, -0.05) is 120 Å². The number of aliphatic hydroxyl groups excluding tert-OH is 2. The van der Waals surface area contributed by atoms with E-state index in [2.05, 4.69) is 79.4 Å². The number of carbonyl (C=O) groups is 16. The van der Waals surface area contributed by atoms with E-state index in [0.717, 1.165) is 5.39 Å². The first kappa shape index (κ1) is 109. The molecule has 0 saturated carbocycles. The van der Waals surface area contributed by atoms with E-state index in [4.69, 9.17) is 11.5 Å². The number of phenols is 1. The summed E-state index contributed by atoms with van der Waals surface area (Å²) < 4.78 is 0. The van der Waals surface area contributed by atoms with Crippen LogP contribution in [-0.4, -0.2) is 250 Å². The number of nitrogens with two attached hydrogens (primary N) is 2. The first-order valence-electron chi connectivity index (χ1n) is 44.9. The van der Waals surface area contributed by atoms with Crippen LogP contribution in [0.5, 0.6) is 5.75 Å². The number of para-hydroxylation sites is 1. The number of ketones is 7. The standard InChI is InChI=1S/C93H141N17O19/c1-55(2)31-36-70-88(126)110-93(12,91(129)107-75(53-111)81(120)51-97-57(5)76(115)39-42-96-59(7)79(118)48-94)41-26-19-17-15-13-14-16-18-25-40-92(11,109-89(127)74(45-63-27-21-20-22-28-63)106-90(128)84(61(9)112)108-87(125)73(43-56(3)4)103-62(10)113)82(121)52-98-60(8)80(119)50-100-72(44-64-32-34-66(114)35-33-64)86(124)105-71(46-65-49-99-68-30-24-23-29-67(65)68)78(117)47-77(116)58(6)101-54-102-69(85(123)104-70)37-38-83(95)122/h15,17,20-24,27-30,32-35,49,55-61,69-75,84,96-102,111-112,114H,13-14,16,18-19,25-26,31,36-48,50-54,94H2,1-12H3,(H2,95,122)(H,103,113)(H,104,123)(H,105,124)(H,106,128)(H,107,129)(H,108,125)(H,109,127)(H,110,126)/t57-,58-,59-,60-,61+,69-,70-,71-,72-,73-,74-,75-,84-,92+,93-/m0/s1. The van der Waals surface area contributed by atoms with Gasteiger partial charge in [-0.3, -0.25) is 92.7 Å². The number of amides is 9. The summed E-state index contributed by atoms with van der Waals surface area (Å²) in [4.78, 5) is 228. The molecule has 1 aliphatic rings. The van der Waals surface area contributed by atoms with Gasteiger partial charge in [0.05, 0.1) is 93.1 Å². The molecular weight excluding hydrogens is 1660 g/mol. The molecule has 0 unspecified atom stereocenters. The summed E-state index contributed by atoms with van der Waals surface area (Å²) in [5.41, 5.74) is 9.97. The minimum absolute atomic E-state index is 0.00995. The molecule has 15 atom stereocenters.